The number of fused-ring (bicyclic) bond motifs is 1. The van der Waals surface area contributed by atoms with Crippen molar-refractivity contribution >= 4 is 38.8 Å². The molecule has 1 amide bonds. The average molecular weight is 427 g/mol. The van der Waals surface area contributed by atoms with Gasteiger partial charge in [-0.2, -0.15) is 0 Å². The maximum absolute atomic E-state index is 12.0. The van der Waals surface area contributed by atoms with Crippen LogP contribution in [-0.4, -0.2) is 17.5 Å². The zero-order valence-corrected chi connectivity index (χ0v) is 15.9. The SMILES string of the molecule is Cc1ccc2oc(-c3ccc(NC(=O)COc4ccc(Br)cc4)o3)nc2c1. The number of carbonyl (C=O) groups is 1. The van der Waals surface area contributed by atoms with Gasteiger partial charge in [0.25, 0.3) is 11.8 Å². The Morgan fingerprint density at radius 2 is 1.93 bits per heavy atom. The summed E-state index contributed by atoms with van der Waals surface area (Å²) in [6, 6.07) is 16.3. The Hall–Kier alpha value is -3.06. The normalized spacial score (nSPS) is 10.9. The van der Waals surface area contributed by atoms with E-state index in [0.29, 0.717) is 28.9 Å². The molecule has 0 bridgehead atoms. The van der Waals surface area contributed by atoms with Crippen molar-refractivity contribution in [3.8, 4) is 17.4 Å². The number of ether oxygens (including phenoxy) is 1. The number of anilines is 1. The number of benzene rings is 2. The zero-order chi connectivity index (χ0) is 18.8. The molecule has 6 nitrogen and oxygen atoms in total. The lowest BCUT2D eigenvalue weighted by molar-refractivity contribution is -0.118. The van der Waals surface area contributed by atoms with Crippen molar-refractivity contribution in [2.24, 2.45) is 0 Å². The third-order valence-corrected chi connectivity index (χ3v) is 4.33. The number of halogens is 1. The summed E-state index contributed by atoms with van der Waals surface area (Å²) in [7, 11) is 0. The van der Waals surface area contributed by atoms with Gasteiger partial charge in [-0.05, 0) is 55.0 Å². The number of hydrogen-bond donors (Lipinski definition) is 1. The lowest BCUT2D eigenvalue weighted by atomic mass is 10.2. The van der Waals surface area contributed by atoms with Crippen LogP contribution in [0.25, 0.3) is 22.8 Å². The van der Waals surface area contributed by atoms with Crippen LogP contribution in [0.1, 0.15) is 5.56 Å². The molecular weight excluding hydrogens is 412 g/mol. The summed E-state index contributed by atoms with van der Waals surface area (Å²) in [6.07, 6.45) is 0. The summed E-state index contributed by atoms with van der Waals surface area (Å²) >= 11 is 3.35. The summed E-state index contributed by atoms with van der Waals surface area (Å²) in [5.74, 6) is 1.38. The third-order valence-electron chi connectivity index (χ3n) is 3.81. The second-order valence-corrected chi connectivity index (χ2v) is 6.86. The van der Waals surface area contributed by atoms with Crippen LogP contribution in [0.2, 0.25) is 0 Å². The van der Waals surface area contributed by atoms with Crippen molar-refractivity contribution in [3.05, 3.63) is 64.6 Å². The number of aromatic nitrogens is 1. The van der Waals surface area contributed by atoms with Crippen LogP contribution in [0.4, 0.5) is 5.88 Å². The van der Waals surface area contributed by atoms with Gasteiger partial charge < -0.3 is 13.6 Å². The number of furan rings is 1. The molecule has 0 unspecified atom stereocenters. The molecule has 2 heterocycles. The van der Waals surface area contributed by atoms with Crippen LogP contribution in [0.5, 0.6) is 5.75 Å². The van der Waals surface area contributed by atoms with Crippen LogP contribution in [0.15, 0.2) is 67.9 Å². The number of aryl methyl sites for hydroxylation is 1. The predicted molar refractivity (Wildman–Crippen MR) is 105 cm³/mol. The minimum atomic E-state index is -0.327. The molecule has 4 aromatic rings. The topological polar surface area (TPSA) is 77.5 Å². The van der Waals surface area contributed by atoms with Crippen LogP contribution in [0, 0.1) is 6.92 Å². The van der Waals surface area contributed by atoms with E-state index in [1.54, 1.807) is 24.3 Å². The minimum Gasteiger partial charge on any atom is -0.484 e. The summed E-state index contributed by atoms with van der Waals surface area (Å²) in [5.41, 5.74) is 2.54. The van der Waals surface area contributed by atoms with Gasteiger partial charge in [0.1, 0.15) is 11.3 Å². The Labute approximate surface area is 163 Å². The van der Waals surface area contributed by atoms with E-state index >= 15 is 0 Å². The molecule has 0 radical (unpaired) electrons. The van der Waals surface area contributed by atoms with Crippen LogP contribution in [0.3, 0.4) is 0 Å². The summed E-state index contributed by atoms with van der Waals surface area (Å²) in [6.45, 7) is 1.87. The Kier molecular flexibility index (Phi) is 4.68. The highest BCUT2D eigenvalue weighted by molar-refractivity contribution is 9.10. The summed E-state index contributed by atoms with van der Waals surface area (Å²) in [5, 5.41) is 2.65. The van der Waals surface area contributed by atoms with E-state index in [1.807, 2.05) is 37.3 Å². The fraction of sp³-hybridized carbons (Fsp3) is 0.100. The van der Waals surface area contributed by atoms with Crippen molar-refractivity contribution in [2.45, 2.75) is 6.92 Å². The Morgan fingerprint density at radius 3 is 2.74 bits per heavy atom. The number of oxazole rings is 1. The van der Waals surface area contributed by atoms with E-state index in [-0.39, 0.29) is 12.5 Å². The number of nitrogens with one attached hydrogen (secondary N) is 1. The van der Waals surface area contributed by atoms with Crippen molar-refractivity contribution < 1.29 is 18.4 Å². The minimum absolute atomic E-state index is 0.125. The van der Waals surface area contributed by atoms with Gasteiger partial charge in [0.2, 0.25) is 5.88 Å². The highest BCUT2D eigenvalue weighted by Gasteiger charge is 2.14. The summed E-state index contributed by atoms with van der Waals surface area (Å²) in [4.78, 5) is 16.5. The maximum Gasteiger partial charge on any atom is 0.264 e. The molecule has 0 saturated carbocycles. The Morgan fingerprint density at radius 1 is 1.11 bits per heavy atom. The van der Waals surface area contributed by atoms with E-state index in [1.165, 1.54) is 0 Å². The fourth-order valence-corrected chi connectivity index (χ4v) is 2.78. The molecule has 0 aliphatic rings. The first-order chi connectivity index (χ1) is 13.1. The third kappa shape index (κ3) is 4.03. The van der Waals surface area contributed by atoms with Crippen molar-refractivity contribution in [1.29, 1.82) is 0 Å². The highest BCUT2D eigenvalue weighted by atomic mass is 79.9. The van der Waals surface area contributed by atoms with Crippen LogP contribution in [-0.2, 0) is 4.79 Å². The van der Waals surface area contributed by atoms with Gasteiger partial charge in [-0.3, -0.25) is 10.1 Å². The van der Waals surface area contributed by atoms with Crippen LogP contribution >= 0.6 is 15.9 Å². The second kappa shape index (κ2) is 7.28. The Bertz CT molecular complexity index is 1100. The standard InChI is InChI=1S/C20H15BrN2O4/c1-12-2-7-16-15(10-12)22-20(27-16)17-8-9-19(26-17)23-18(24)11-25-14-5-3-13(21)4-6-14/h2-10H,11H2,1H3,(H,23,24). The molecule has 4 rings (SSSR count). The van der Waals surface area contributed by atoms with Gasteiger partial charge in [-0.25, -0.2) is 4.98 Å². The highest BCUT2D eigenvalue weighted by Crippen LogP contribution is 2.28. The first kappa shape index (κ1) is 17.4. The van der Waals surface area contributed by atoms with Crippen molar-refractivity contribution in [2.75, 3.05) is 11.9 Å². The number of nitrogens with zero attached hydrogens (tertiary/aromatic N) is 1. The number of hydrogen-bond acceptors (Lipinski definition) is 5. The van der Waals surface area contributed by atoms with E-state index in [4.69, 9.17) is 13.6 Å². The van der Waals surface area contributed by atoms with Gasteiger partial charge in [-0.15, -0.1) is 0 Å². The smallest absolute Gasteiger partial charge is 0.264 e. The maximum atomic E-state index is 12.0. The summed E-state index contributed by atoms with van der Waals surface area (Å²) < 4.78 is 17.7. The lowest BCUT2D eigenvalue weighted by Crippen LogP contribution is -2.19. The molecule has 1 N–H and O–H groups in total. The number of carbonyl (C=O) groups excluding carboxylic acids is 1. The molecule has 7 heteroatoms. The molecule has 27 heavy (non-hydrogen) atoms. The zero-order valence-electron chi connectivity index (χ0n) is 14.4. The molecule has 136 valence electrons. The Balaban J connectivity index is 1.41. The van der Waals surface area contributed by atoms with E-state index in [2.05, 4.69) is 26.2 Å². The second-order valence-electron chi connectivity index (χ2n) is 5.94. The van der Waals surface area contributed by atoms with Gasteiger partial charge in [0, 0.05) is 10.5 Å². The molecule has 0 aliphatic heterocycles. The monoisotopic (exact) mass is 426 g/mol. The van der Waals surface area contributed by atoms with Crippen molar-refractivity contribution in [3.63, 3.8) is 0 Å². The van der Waals surface area contributed by atoms with Crippen molar-refractivity contribution in [1.82, 2.24) is 4.98 Å². The first-order valence-corrected chi connectivity index (χ1v) is 9.02. The molecule has 0 aliphatic carbocycles. The van der Waals surface area contributed by atoms with E-state index in [9.17, 15) is 4.79 Å². The van der Waals surface area contributed by atoms with Gasteiger partial charge in [-0.1, -0.05) is 22.0 Å². The predicted octanol–water partition coefficient (Wildman–Crippen LogP) is 5.18. The molecule has 0 atom stereocenters. The molecule has 2 aromatic carbocycles. The largest absolute Gasteiger partial charge is 0.484 e. The number of amides is 1. The van der Waals surface area contributed by atoms with Gasteiger partial charge >= 0.3 is 0 Å². The number of rotatable bonds is 5. The molecule has 2 aromatic heterocycles. The first-order valence-electron chi connectivity index (χ1n) is 8.22. The molecule has 0 fully saturated rings. The molecular formula is C20H15BrN2O4. The van der Waals surface area contributed by atoms with Crippen LogP contribution < -0.4 is 10.1 Å². The molecule has 0 saturated heterocycles. The van der Waals surface area contributed by atoms with E-state index in [0.717, 1.165) is 15.6 Å². The van der Waals surface area contributed by atoms with Gasteiger partial charge in [0.05, 0.1) is 0 Å². The van der Waals surface area contributed by atoms with Gasteiger partial charge in [0.15, 0.2) is 18.0 Å². The fourth-order valence-electron chi connectivity index (χ4n) is 2.52. The lowest BCUT2D eigenvalue weighted by Gasteiger charge is -2.05. The van der Waals surface area contributed by atoms with E-state index < -0.39 is 0 Å². The molecule has 0 spiro atoms. The average Bonchev–Trinajstić information content (AvgIpc) is 3.27. The quantitative estimate of drug-likeness (QED) is 0.475.